The quantitative estimate of drug-likeness (QED) is 0.888. The van der Waals surface area contributed by atoms with E-state index < -0.39 is 0 Å². The fraction of sp³-hybridized carbons (Fsp3) is 0.588. The second kappa shape index (κ2) is 6.86. The zero-order valence-corrected chi connectivity index (χ0v) is 14.0. The molecule has 0 radical (unpaired) electrons. The van der Waals surface area contributed by atoms with Crippen LogP contribution in [0.15, 0.2) is 30.9 Å². The number of hydrogen-bond acceptors (Lipinski definition) is 6. The minimum Gasteiger partial charge on any atom is -0.376 e. The first-order chi connectivity index (χ1) is 11.8. The Bertz CT molecular complexity index is 660. The molecule has 2 fully saturated rings. The molecule has 0 spiro atoms. The van der Waals surface area contributed by atoms with E-state index in [-0.39, 0.29) is 6.10 Å². The Morgan fingerprint density at radius 1 is 1.33 bits per heavy atom. The molecule has 0 saturated carbocycles. The van der Waals surface area contributed by atoms with Crippen LogP contribution in [-0.4, -0.2) is 57.0 Å². The molecule has 7 heteroatoms. The number of likely N-dealkylation sites (tertiary alicyclic amines) is 1. The average Bonchev–Trinajstić information content (AvgIpc) is 3.20. The Hall–Kier alpha value is -1.99. The van der Waals surface area contributed by atoms with Gasteiger partial charge < -0.3 is 10.1 Å². The number of hydrogen-bond donors (Lipinski definition) is 1. The number of aromatic nitrogens is 4. The number of aryl methyl sites for hydroxylation is 1. The van der Waals surface area contributed by atoms with Crippen LogP contribution in [0.5, 0.6) is 0 Å². The number of rotatable bonds is 5. The molecule has 0 amide bonds. The molecule has 4 heterocycles. The standard InChI is InChI=1S/C17H24N6O/c1-22-9-13(7-21-22)10-23-6-3-14-12-24-16(15(14)11-23)8-20-17-18-4-2-5-19-17/h2,4-5,7,9,14-16H,3,6,8,10-12H2,1H3,(H,18,19,20)/t14-,15-,16+/m0/s1. The first-order valence-electron chi connectivity index (χ1n) is 8.60. The predicted octanol–water partition coefficient (Wildman–Crippen LogP) is 1.16. The lowest BCUT2D eigenvalue weighted by Crippen LogP contribution is -2.43. The number of nitrogens with zero attached hydrogens (tertiary/aromatic N) is 5. The maximum Gasteiger partial charge on any atom is 0.222 e. The van der Waals surface area contributed by atoms with Crippen LogP contribution < -0.4 is 5.32 Å². The minimum absolute atomic E-state index is 0.232. The van der Waals surface area contributed by atoms with Gasteiger partial charge in [-0.2, -0.15) is 5.10 Å². The Morgan fingerprint density at radius 3 is 3.00 bits per heavy atom. The monoisotopic (exact) mass is 328 g/mol. The average molecular weight is 328 g/mol. The molecule has 128 valence electrons. The van der Waals surface area contributed by atoms with Gasteiger partial charge in [-0.3, -0.25) is 9.58 Å². The van der Waals surface area contributed by atoms with Crippen molar-refractivity contribution in [1.29, 1.82) is 0 Å². The SMILES string of the molecule is Cn1cc(CN2CC[C@H]3CO[C@H](CNc4ncccn4)[C@H]3C2)cn1. The van der Waals surface area contributed by atoms with Crippen molar-refractivity contribution in [3.8, 4) is 0 Å². The number of anilines is 1. The van der Waals surface area contributed by atoms with Crippen molar-refractivity contribution in [3.05, 3.63) is 36.4 Å². The summed E-state index contributed by atoms with van der Waals surface area (Å²) in [5, 5.41) is 7.58. The Morgan fingerprint density at radius 2 is 2.21 bits per heavy atom. The van der Waals surface area contributed by atoms with E-state index in [9.17, 15) is 0 Å². The van der Waals surface area contributed by atoms with E-state index in [1.807, 2.05) is 24.0 Å². The van der Waals surface area contributed by atoms with Crippen LogP contribution in [0.2, 0.25) is 0 Å². The van der Waals surface area contributed by atoms with Crippen molar-refractivity contribution in [2.45, 2.75) is 19.1 Å². The molecule has 0 aromatic carbocycles. The van der Waals surface area contributed by atoms with E-state index in [4.69, 9.17) is 4.74 Å². The fourth-order valence-corrected chi connectivity index (χ4v) is 3.85. The van der Waals surface area contributed by atoms with Crippen LogP contribution in [0, 0.1) is 11.8 Å². The summed E-state index contributed by atoms with van der Waals surface area (Å²) in [7, 11) is 1.97. The second-order valence-corrected chi connectivity index (χ2v) is 6.80. The molecule has 7 nitrogen and oxygen atoms in total. The Kier molecular flexibility index (Phi) is 4.44. The van der Waals surface area contributed by atoms with Gasteiger partial charge >= 0.3 is 0 Å². The summed E-state index contributed by atoms with van der Waals surface area (Å²) in [6.45, 7) is 4.85. The lowest BCUT2D eigenvalue weighted by atomic mass is 9.84. The summed E-state index contributed by atoms with van der Waals surface area (Å²) in [4.78, 5) is 11.0. The maximum absolute atomic E-state index is 6.06. The molecule has 1 N–H and O–H groups in total. The second-order valence-electron chi connectivity index (χ2n) is 6.80. The first-order valence-corrected chi connectivity index (χ1v) is 8.60. The Labute approximate surface area is 142 Å². The molecule has 0 unspecified atom stereocenters. The van der Waals surface area contributed by atoms with E-state index >= 15 is 0 Å². The molecule has 4 rings (SSSR count). The first kappa shape index (κ1) is 15.5. The smallest absolute Gasteiger partial charge is 0.222 e. The van der Waals surface area contributed by atoms with Crippen molar-refractivity contribution >= 4 is 5.95 Å². The van der Waals surface area contributed by atoms with Crippen LogP contribution >= 0.6 is 0 Å². The van der Waals surface area contributed by atoms with E-state index in [1.165, 1.54) is 12.0 Å². The highest BCUT2D eigenvalue weighted by atomic mass is 16.5. The van der Waals surface area contributed by atoms with Crippen molar-refractivity contribution in [1.82, 2.24) is 24.6 Å². The van der Waals surface area contributed by atoms with E-state index in [0.29, 0.717) is 17.8 Å². The van der Waals surface area contributed by atoms with Crippen LogP contribution in [0.3, 0.4) is 0 Å². The molecule has 2 aromatic heterocycles. The number of fused-ring (bicyclic) bond motifs is 1. The molecule has 2 saturated heterocycles. The van der Waals surface area contributed by atoms with Gasteiger partial charge in [0.1, 0.15) is 0 Å². The normalized spacial score (nSPS) is 27.1. The molecule has 3 atom stereocenters. The zero-order chi connectivity index (χ0) is 16.4. The molecular weight excluding hydrogens is 304 g/mol. The van der Waals surface area contributed by atoms with Gasteiger partial charge in [0.25, 0.3) is 0 Å². The molecule has 0 aliphatic carbocycles. The third kappa shape index (κ3) is 3.42. The van der Waals surface area contributed by atoms with Gasteiger partial charge in [-0.15, -0.1) is 0 Å². The van der Waals surface area contributed by atoms with Crippen molar-refractivity contribution < 1.29 is 4.74 Å². The summed E-state index contributed by atoms with van der Waals surface area (Å²) in [5.41, 5.74) is 1.28. The number of piperidine rings is 1. The van der Waals surface area contributed by atoms with Gasteiger partial charge in [-0.25, -0.2) is 9.97 Å². The largest absolute Gasteiger partial charge is 0.376 e. The van der Waals surface area contributed by atoms with Crippen molar-refractivity contribution in [2.24, 2.45) is 18.9 Å². The highest BCUT2D eigenvalue weighted by molar-refractivity contribution is 5.22. The Balaban J connectivity index is 1.34. The zero-order valence-electron chi connectivity index (χ0n) is 14.0. The van der Waals surface area contributed by atoms with Crippen molar-refractivity contribution in [2.75, 3.05) is 31.6 Å². The third-order valence-electron chi connectivity index (χ3n) is 5.08. The summed E-state index contributed by atoms with van der Waals surface area (Å²) < 4.78 is 7.93. The van der Waals surface area contributed by atoms with Gasteiger partial charge in [0.05, 0.1) is 18.9 Å². The van der Waals surface area contributed by atoms with Gasteiger partial charge in [0, 0.05) is 56.8 Å². The van der Waals surface area contributed by atoms with E-state index in [0.717, 1.165) is 32.8 Å². The maximum atomic E-state index is 6.06. The van der Waals surface area contributed by atoms with E-state index in [2.05, 4.69) is 31.5 Å². The fourth-order valence-electron chi connectivity index (χ4n) is 3.85. The highest BCUT2D eigenvalue weighted by Gasteiger charge is 2.40. The van der Waals surface area contributed by atoms with Crippen molar-refractivity contribution in [3.63, 3.8) is 0 Å². The molecule has 24 heavy (non-hydrogen) atoms. The minimum atomic E-state index is 0.232. The molecule has 2 aliphatic heterocycles. The highest BCUT2D eigenvalue weighted by Crippen LogP contribution is 2.34. The van der Waals surface area contributed by atoms with Crippen LogP contribution in [0.25, 0.3) is 0 Å². The number of nitrogens with one attached hydrogen (secondary N) is 1. The van der Waals surface area contributed by atoms with Crippen LogP contribution in [-0.2, 0) is 18.3 Å². The third-order valence-corrected chi connectivity index (χ3v) is 5.08. The topological polar surface area (TPSA) is 68.1 Å². The lowest BCUT2D eigenvalue weighted by molar-refractivity contribution is 0.0831. The molecular formula is C17H24N6O. The predicted molar refractivity (Wildman–Crippen MR) is 90.3 cm³/mol. The van der Waals surface area contributed by atoms with Gasteiger partial charge in [-0.05, 0) is 24.9 Å². The summed E-state index contributed by atoms with van der Waals surface area (Å²) in [6, 6.07) is 1.82. The molecule has 2 aliphatic rings. The number of ether oxygens (including phenoxy) is 1. The van der Waals surface area contributed by atoms with Crippen LogP contribution in [0.1, 0.15) is 12.0 Å². The summed E-state index contributed by atoms with van der Waals surface area (Å²) >= 11 is 0. The van der Waals surface area contributed by atoms with Gasteiger partial charge in [0.15, 0.2) is 0 Å². The molecule has 0 bridgehead atoms. The summed E-state index contributed by atoms with van der Waals surface area (Å²) in [5.74, 6) is 1.93. The lowest BCUT2D eigenvalue weighted by Gasteiger charge is -2.35. The van der Waals surface area contributed by atoms with Gasteiger partial charge in [0.2, 0.25) is 5.95 Å². The summed E-state index contributed by atoms with van der Waals surface area (Å²) in [6.07, 6.45) is 9.01. The van der Waals surface area contributed by atoms with Gasteiger partial charge in [-0.1, -0.05) is 0 Å². The van der Waals surface area contributed by atoms with E-state index in [1.54, 1.807) is 12.4 Å². The molecule has 2 aromatic rings. The van der Waals surface area contributed by atoms with Crippen LogP contribution in [0.4, 0.5) is 5.95 Å².